The summed E-state index contributed by atoms with van der Waals surface area (Å²) in [6.45, 7) is 10.4. The normalized spacial score (nSPS) is 15.8. The van der Waals surface area contributed by atoms with Gasteiger partial charge < -0.3 is 15.2 Å². The number of hydrogen-bond acceptors (Lipinski definition) is 4. The van der Waals surface area contributed by atoms with Gasteiger partial charge in [0.1, 0.15) is 11.5 Å². The molecule has 0 amide bonds. The van der Waals surface area contributed by atoms with Gasteiger partial charge in [-0.15, -0.1) is 0 Å². The third kappa shape index (κ3) is 3.25. The van der Waals surface area contributed by atoms with E-state index in [4.69, 9.17) is 15.2 Å². The van der Waals surface area contributed by atoms with Gasteiger partial charge in [-0.25, -0.2) is 0 Å². The minimum Gasteiger partial charge on any atom is -0.497 e. The molecule has 0 radical (unpaired) electrons. The topological polar surface area (TPSA) is 47.7 Å². The highest BCUT2D eigenvalue weighted by Gasteiger charge is 2.34. The van der Waals surface area contributed by atoms with E-state index in [-0.39, 0.29) is 6.04 Å². The van der Waals surface area contributed by atoms with Gasteiger partial charge in [0.05, 0.1) is 19.8 Å². The van der Waals surface area contributed by atoms with E-state index < -0.39 is 5.54 Å². The molecule has 0 aliphatic carbocycles. The van der Waals surface area contributed by atoms with Crippen LogP contribution in [-0.4, -0.2) is 38.3 Å². The molecule has 0 spiro atoms. The van der Waals surface area contributed by atoms with Crippen LogP contribution in [0.25, 0.3) is 0 Å². The molecule has 2 atom stereocenters. The van der Waals surface area contributed by atoms with Gasteiger partial charge in [0.15, 0.2) is 0 Å². The van der Waals surface area contributed by atoms with E-state index in [1.165, 1.54) is 0 Å². The summed E-state index contributed by atoms with van der Waals surface area (Å²) in [5, 5.41) is 0. The number of nitrogens with zero attached hydrogens (tertiary/aromatic N) is 1. The van der Waals surface area contributed by atoms with Crippen LogP contribution in [0.15, 0.2) is 18.2 Å². The van der Waals surface area contributed by atoms with Crippen LogP contribution in [0.5, 0.6) is 11.5 Å². The molecule has 4 nitrogen and oxygen atoms in total. The maximum Gasteiger partial charge on any atom is 0.124 e. The Labute approximate surface area is 122 Å². The van der Waals surface area contributed by atoms with Gasteiger partial charge in [-0.05, 0) is 45.1 Å². The number of nitrogens with two attached hydrogens (primary N) is 1. The van der Waals surface area contributed by atoms with Crippen LogP contribution in [0.3, 0.4) is 0 Å². The fraction of sp³-hybridized carbons (Fsp3) is 0.625. The largest absolute Gasteiger partial charge is 0.497 e. The fourth-order valence-corrected chi connectivity index (χ4v) is 2.61. The third-order valence-electron chi connectivity index (χ3n) is 4.21. The number of likely N-dealkylation sites (N-methyl/N-ethyl adjacent to an activating group) is 1. The summed E-state index contributed by atoms with van der Waals surface area (Å²) in [4.78, 5) is 2.35. The SMILES string of the molecule is CCN(CC)C(C)C(C)(N)c1cc(OC)ccc1OC. The number of benzene rings is 1. The molecule has 0 heterocycles. The number of hydrogen-bond donors (Lipinski definition) is 1. The van der Waals surface area contributed by atoms with E-state index in [1.807, 2.05) is 25.1 Å². The maximum absolute atomic E-state index is 6.66. The summed E-state index contributed by atoms with van der Waals surface area (Å²) in [6, 6.07) is 5.96. The summed E-state index contributed by atoms with van der Waals surface area (Å²) in [6.07, 6.45) is 0. The highest BCUT2D eigenvalue weighted by molar-refractivity contribution is 5.45. The first-order valence-corrected chi connectivity index (χ1v) is 7.17. The van der Waals surface area contributed by atoms with Crippen molar-refractivity contribution in [2.45, 2.75) is 39.3 Å². The lowest BCUT2D eigenvalue weighted by molar-refractivity contribution is 0.152. The van der Waals surface area contributed by atoms with E-state index in [1.54, 1.807) is 14.2 Å². The zero-order valence-electron chi connectivity index (χ0n) is 13.6. The van der Waals surface area contributed by atoms with Crippen molar-refractivity contribution >= 4 is 0 Å². The van der Waals surface area contributed by atoms with Gasteiger partial charge >= 0.3 is 0 Å². The molecule has 0 aromatic heterocycles. The second-order valence-electron chi connectivity index (χ2n) is 5.25. The summed E-state index contributed by atoms with van der Waals surface area (Å²) in [5.74, 6) is 1.60. The number of rotatable bonds is 7. The molecule has 0 aliphatic rings. The van der Waals surface area contributed by atoms with Crippen molar-refractivity contribution in [3.8, 4) is 11.5 Å². The monoisotopic (exact) mass is 280 g/mol. The average Bonchev–Trinajstić information content (AvgIpc) is 2.47. The maximum atomic E-state index is 6.66. The van der Waals surface area contributed by atoms with Crippen LogP contribution < -0.4 is 15.2 Å². The molecular weight excluding hydrogens is 252 g/mol. The van der Waals surface area contributed by atoms with Crippen LogP contribution in [0.2, 0.25) is 0 Å². The lowest BCUT2D eigenvalue weighted by Gasteiger charge is -2.40. The molecule has 1 rings (SSSR count). The van der Waals surface area contributed by atoms with Crippen molar-refractivity contribution in [1.29, 1.82) is 0 Å². The summed E-state index contributed by atoms with van der Waals surface area (Å²) >= 11 is 0. The summed E-state index contributed by atoms with van der Waals surface area (Å²) in [5.41, 5.74) is 7.11. The Morgan fingerprint density at radius 3 is 2.25 bits per heavy atom. The van der Waals surface area contributed by atoms with Crippen LogP contribution in [-0.2, 0) is 5.54 Å². The molecule has 0 fully saturated rings. The van der Waals surface area contributed by atoms with E-state index in [2.05, 4.69) is 25.7 Å². The molecule has 114 valence electrons. The molecular formula is C16H28N2O2. The van der Waals surface area contributed by atoms with Gasteiger partial charge in [0.2, 0.25) is 0 Å². The average molecular weight is 280 g/mol. The first-order valence-electron chi connectivity index (χ1n) is 7.17. The van der Waals surface area contributed by atoms with Crippen LogP contribution in [0.1, 0.15) is 33.3 Å². The van der Waals surface area contributed by atoms with E-state index in [0.717, 1.165) is 30.2 Å². The Morgan fingerprint density at radius 2 is 1.80 bits per heavy atom. The Hall–Kier alpha value is -1.26. The summed E-state index contributed by atoms with van der Waals surface area (Å²) < 4.78 is 10.8. The van der Waals surface area contributed by atoms with Crippen molar-refractivity contribution in [1.82, 2.24) is 4.90 Å². The second-order valence-corrected chi connectivity index (χ2v) is 5.25. The van der Waals surface area contributed by atoms with Gasteiger partial charge in [0.25, 0.3) is 0 Å². The Kier molecular flexibility index (Phi) is 5.84. The molecule has 20 heavy (non-hydrogen) atoms. The molecule has 2 unspecified atom stereocenters. The Bertz CT molecular complexity index is 428. The highest BCUT2D eigenvalue weighted by Crippen LogP contribution is 2.35. The molecule has 2 N–H and O–H groups in total. The zero-order chi connectivity index (χ0) is 15.3. The van der Waals surface area contributed by atoms with Gasteiger partial charge in [-0.3, -0.25) is 4.90 Å². The van der Waals surface area contributed by atoms with E-state index >= 15 is 0 Å². The van der Waals surface area contributed by atoms with E-state index in [0.29, 0.717) is 0 Å². The first kappa shape index (κ1) is 16.8. The number of methoxy groups -OCH3 is 2. The fourth-order valence-electron chi connectivity index (χ4n) is 2.61. The first-order chi connectivity index (χ1) is 9.42. The van der Waals surface area contributed by atoms with E-state index in [9.17, 15) is 0 Å². The standard InChI is InChI=1S/C16H28N2O2/c1-7-18(8-2)12(3)16(4,17)14-11-13(19-5)9-10-15(14)20-6/h9-12H,7-8,17H2,1-6H3. The Balaban J connectivity index is 3.24. The van der Waals surface area contributed by atoms with Gasteiger partial charge in [-0.1, -0.05) is 13.8 Å². The highest BCUT2D eigenvalue weighted by atomic mass is 16.5. The predicted molar refractivity (Wildman–Crippen MR) is 83.5 cm³/mol. The van der Waals surface area contributed by atoms with Crippen LogP contribution in [0, 0.1) is 0 Å². The van der Waals surface area contributed by atoms with Crippen molar-refractivity contribution in [2.75, 3.05) is 27.3 Å². The summed E-state index contributed by atoms with van der Waals surface area (Å²) in [7, 11) is 3.33. The smallest absolute Gasteiger partial charge is 0.124 e. The molecule has 0 saturated heterocycles. The molecule has 4 heteroatoms. The quantitative estimate of drug-likeness (QED) is 0.834. The lowest BCUT2D eigenvalue weighted by atomic mass is 9.84. The minimum absolute atomic E-state index is 0.193. The molecule has 1 aromatic carbocycles. The predicted octanol–water partition coefficient (Wildman–Crippen LogP) is 2.61. The van der Waals surface area contributed by atoms with Crippen molar-refractivity contribution in [3.05, 3.63) is 23.8 Å². The lowest BCUT2D eigenvalue weighted by Crippen LogP contribution is -2.52. The molecule has 0 aliphatic heterocycles. The van der Waals surface area contributed by atoms with Gasteiger partial charge in [-0.2, -0.15) is 0 Å². The van der Waals surface area contributed by atoms with Crippen molar-refractivity contribution < 1.29 is 9.47 Å². The van der Waals surface area contributed by atoms with Crippen LogP contribution in [0.4, 0.5) is 0 Å². The molecule has 0 bridgehead atoms. The van der Waals surface area contributed by atoms with Crippen LogP contribution >= 0.6 is 0 Å². The Morgan fingerprint density at radius 1 is 1.20 bits per heavy atom. The van der Waals surface area contributed by atoms with Crippen molar-refractivity contribution in [2.24, 2.45) is 5.73 Å². The van der Waals surface area contributed by atoms with Gasteiger partial charge in [0, 0.05) is 11.6 Å². The minimum atomic E-state index is -0.522. The molecule has 0 saturated carbocycles. The number of ether oxygens (including phenoxy) is 2. The zero-order valence-corrected chi connectivity index (χ0v) is 13.6. The van der Waals surface area contributed by atoms with Crippen molar-refractivity contribution in [3.63, 3.8) is 0 Å². The molecule has 1 aromatic rings. The second kappa shape index (κ2) is 6.95. The third-order valence-corrected chi connectivity index (χ3v) is 4.21.